The van der Waals surface area contributed by atoms with E-state index in [4.69, 9.17) is 10.5 Å². The van der Waals surface area contributed by atoms with Gasteiger partial charge in [-0.15, -0.1) is 12.4 Å². The van der Waals surface area contributed by atoms with Gasteiger partial charge in [0.1, 0.15) is 5.75 Å². The molecule has 15 heavy (non-hydrogen) atoms. The molecule has 86 valence electrons. The SMILES string of the molecule is COc1ccc(Br)cc1[C@H](N)C(F)F.Cl. The van der Waals surface area contributed by atoms with Crippen molar-refractivity contribution in [2.45, 2.75) is 12.5 Å². The highest BCUT2D eigenvalue weighted by Gasteiger charge is 2.21. The molecular formula is C9H11BrClF2NO. The van der Waals surface area contributed by atoms with Gasteiger partial charge < -0.3 is 10.5 Å². The van der Waals surface area contributed by atoms with E-state index < -0.39 is 12.5 Å². The minimum atomic E-state index is -2.60. The average Bonchev–Trinajstić information content (AvgIpc) is 2.16. The molecule has 0 radical (unpaired) electrons. The molecule has 0 aliphatic carbocycles. The van der Waals surface area contributed by atoms with Gasteiger partial charge in [0.15, 0.2) is 0 Å². The van der Waals surface area contributed by atoms with Gasteiger partial charge in [-0.2, -0.15) is 0 Å². The summed E-state index contributed by atoms with van der Waals surface area (Å²) in [5.74, 6) is 0.376. The topological polar surface area (TPSA) is 35.2 Å². The van der Waals surface area contributed by atoms with Gasteiger partial charge in [0.25, 0.3) is 6.43 Å². The zero-order chi connectivity index (χ0) is 10.7. The maximum Gasteiger partial charge on any atom is 0.257 e. The van der Waals surface area contributed by atoms with Crippen LogP contribution in [0.15, 0.2) is 22.7 Å². The van der Waals surface area contributed by atoms with Crippen molar-refractivity contribution < 1.29 is 13.5 Å². The van der Waals surface area contributed by atoms with Crippen molar-refractivity contribution >= 4 is 28.3 Å². The Kier molecular flexibility index (Phi) is 6.09. The van der Waals surface area contributed by atoms with E-state index in [0.717, 1.165) is 0 Å². The van der Waals surface area contributed by atoms with Gasteiger partial charge in [-0.3, -0.25) is 0 Å². The van der Waals surface area contributed by atoms with E-state index in [2.05, 4.69) is 15.9 Å². The summed E-state index contributed by atoms with van der Waals surface area (Å²) < 4.78 is 30.4. The van der Waals surface area contributed by atoms with Crippen molar-refractivity contribution in [2.75, 3.05) is 7.11 Å². The van der Waals surface area contributed by atoms with Crippen molar-refractivity contribution in [2.24, 2.45) is 5.73 Å². The molecule has 2 N–H and O–H groups in total. The number of ether oxygens (including phenoxy) is 1. The van der Waals surface area contributed by atoms with Crippen molar-refractivity contribution in [3.8, 4) is 5.75 Å². The summed E-state index contributed by atoms with van der Waals surface area (Å²) in [5.41, 5.74) is 5.63. The van der Waals surface area contributed by atoms with E-state index in [9.17, 15) is 8.78 Å². The Morgan fingerprint density at radius 1 is 1.40 bits per heavy atom. The fourth-order valence-electron chi connectivity index (χ4n) is 1.10. The Hall–Kier alpha value is -0.390. The molecule has 0 aliphatic heterocycles. The van der Waals surface area contributed by atoms with Crippen LogP contribution in [0, 0.1) is 0 Å². The van der Waals surface area contributed by atoms with Crippen LogP contribution in [0.1, 0.15) is 11.6 Å². The van der Waals surface area contributed by atoms with Gasteiger partial charge in [0, 0.05) is 10.0 Å². The van der Waals surface area contributed by atoms with Crippen LogP contribution in [0.3, 0.4) is 0 Å². The van der Waals surface area contributed by atoms with Crippen LogP contribution < -0.4 is 10.5 Å². The first-order chi connectivity index (χ1) is 6.56. The number of halogens is 4. The monoisotopic (exact) mass is 301 g/mol. The Morgan fingerprint density at radius 2 is 2.00 bits per heavy atom. The first-order valence-corrected chi connectivity index (χ1v) is 4.72. The largest absolute Gasteiger partial charge is 0.496 e. The van der Waals surface area contributed by atoms with Crippen LogP contribution in [0.2, 0.25) is 0 Å². The molecule has 0 spiro atoms. The molecule has 2 nitrogen and oxygen atoms in total. The van der Waals surface area contributed by atoms with Crippen LogP contribution in [0.5, 0.6) is 5.75 Å². The fraction of sp³-hybridized carbons (Fsp3) is 0.333. The molecule has 0 aliphatic rings. The summed E-state index contributed by atoms with van der Waals surface area (Å²) in [6.07, 6.45) is -2.60. The maximum absolute atomic E-state index is 12.4. The Morgan fingerprint density at radius 3 is 2.47 bits per heavy atom. The van der Waals surface area contributed by atoms with Gasteiger partial charge in [-0.25, -0.2) is 8.78 Å². The smallest absolute Gasteiger partial charge is 0.257 e. The first-order valence-electron chi connectivity index (χ1n) is 3.93. The molecule has 0 unspecified atom stereocenters. The van der Waals surface area contributed by atoms with Gasteiger partial charge >= 0.3 is 0 Å². The van der Waals surface area contributed by atoms with E-state index in [0.29, 0.717) is 15.8 Å². The summed E-state index contributed by atoms with van der Waals surface area (Å²) >= 11 is 3.19. The Bertz CT molecular complexity index is 325. The maximum atomic E-state index is 12.4. The van der Waals surface area contributed by atoms with E-state index in [1.807, 2.05) is 0 Å². The predicted molar refractivity (Wildman–Crippen MR) is 60.9 cm³/mol. The second-order valence-electron chi connectivity index (χ2n) is 2.75. The number of alkyl halides is 2. The predicted octanol–water partition coefficient (Wildman–Crippen LogP) is 3.14. The van der Waals surface area contributed by atoms with Crippen LogP contribution in [0.25, 0.3) is 0 Å². The van der Waals surface area contributed by atoms with Crippen LogP contribution >= 0.6 is 28.3 Å². The van der Waals surface area contributed by atoms with Crippen LogP contribution in [-0.2, 0) is 0 Å². The molecule has 1 aromatic rings. The highest BCUT2D eigenvalue weighted by molar-refractivity contribution is 9.10. The van der Waals surface area contributed by atoms with Gasteiger partial charge in [-0.1, -0.05) is 15.9 Å². The molecule has 0 amide bonds. The second kappa shape index (κ2) is 6.25. The molecule has 1 atom stereocenters. The average molecular weight is 303 g/mol. The van der Waals surface area contributed by atoms with E-state index >= 15 is 0 Å². The first kappa shape index (κ1) is 14.6. The summed E-state index contributed by atoms with van der Waals surface area (Å²) in [6, 6.07) is 3.53. The molecule has 0 saturated carbocycles. The molecule has 0 aromatic heterocycles. The van der Waals surface area contributed by atoms with Crippen molar-refractivity contribution in [3.63, 3.8) is 0 Å². The number of hydrogen-bond acceptors (Lipinski definition) is 2. The third-order valence-corrected chi connectivity index (χ3v) is 2.32. The lowest BCUT2D eigenvalue weighted by atomic mass is 10.1. The van der Waals surface area contributed by atoms with Crippen molar-refractivity contribution in [3.05, 3.63) is 28.2 Å². The highest BCUT2D eigenvalue weighted by atomic mass is 79.9. The molecule has 1 rings (SSSR count). The number of nitrogens with two attached hydrogens (primary N) is 1. The Balaban J connectivity index is 0.00000196. The lowest BCUT2D eigenvalue weighted by molar-refractivity contribution is 0.115. The zero-order valence-corrected chi connectivity index (χ0v) is 10.3. The molecule has 0 heterocycles. The minimum absolute atomic E-state index is 0. The number of rotatable bonds is 3. The number of methoxy groups -OCH3 is 1. The molecule has 0 bridgehead atoms. The molecule has 0 fully saturated rings. The van der Waals surface area contributed by atoms with Gasteiger partial charge in [0.2, 0.25) is 0 Å². The summed E-state index contributed by atoms with van der Waals surface area (Å²) in [4.78, 5) is 0. The zero-order valence-electron chi connectivity index (χ0n) is 7.91. The van der Waals surface area contributed by atoms with E-state index in [-0.39, 0.29) is 12.4 Å². The van der Waals surface area contributed by atoms with E-state index in [1.165, 1.54) is 13.2 Å². The van der Waals surface area contributed by atoms with Gasteiger partial charge in [-0.05, 0) is 18.2 Å². The standard InChI is InChI=1S/C9H10BrF2NO.ClH/c1-14-7-3-2-5(10)4-6(7)8(13)9(11)12;/h2-4,8-9H,13H2,1H3;1H/t8-;/m0./s1. The van der Waals surface area contributed by atoms with Crippen molar-refractivity contribution in [1.29, 1.82) is 0 Å². The lowest BCUT2D eigenvalue weighted by Gasteiger charge is -2.14. The van der Waals surface area contributed by atoms with Gasteiger partial charge in [0.05, 0.1) is 13.2 Å². The van der Waals surface area contributed by atoms with Crippen LogP contribution in [-0.4, -0.2) is 13.5 Å². The third-order valence-electron chi connectivity index (χ3n) is 1.82. The third kappa shape index (κ3) is 3.59. The summed E-state index contributed by atoms with van der Waals surface area (Å²) in [7, 11) is 1.42. The molecule has 0 saturated heterocycles. The number of hydrogen-bond donors (Lipinski definition) is 1. The number of benzene rings is 1. The Labute approximate surface area is 101 Å². The fourth-order valence-corrected chi connectivity index (χ4v) is 1.48. The molecule has 6 heteroatoms. The molecule has 1 aromatic carbocycles. The highest BCUT2D eigenvalue weighted by Crippen LogP contribution is 2.30. The van der Waals surface area contributed by atoms with Crippen LogP contribution in [0.4, 0.5) is 8.78 Å². The normalized spacial score (nSPS) is 12.1. The lowest BCUT2D eigenvalue weighted by Crippen LogP contribution is -2.19. The van der Waals surface area contributed by atoms with Crippen molar-refractivity contribution in [1.82, 2.24) is 0 Å². The quantitative estimate of drug-likeness (QED) is 0.931. The summed E-state index contributed by atoms with van der Waals surface area (Å²) in [6.45, 7) is 0. The molecular weight excluding hydrogens is 291 g/mol. The van der Waals surface area contributed by atoms with E-state index in [1.54, 1.807) is 12.1 Å². The summed E-state index contributed by atoms with van der Waals surface area (Å²) in [5, 5.41) is 0. The minimum Gasteiger partial charge on any atom is -0.496 e. The second-order valence-corrected chi connectivity index (χ2v) is 3.66.